The lowest BCUT2D eigenvalue weighted by Gasteiger charge is -2.06. The fourth-order valence-corrected chi connectivity index (χ4v) is 3.63. The maximum Gasteiger partial charge on any atom is 0.0594 e. The Labute approximate surface area is 127 Å². The van der Waals surface area contributed by atoms with Crippen LogP contribution in [0.3, 0.4) is 0 Å². The maximum absolute atomic E-state index is 12.2. The van der Waals surface area contributed by atoms with Crippen LogP contribution in [0.2, 0.25) is 5.02 Å². The molecule has 0 saturated heterocycles. The highest BCUT2D eigenvalue weighted by Crippen LogP contribution is 2.23. The van der Waals surface area contributed by atoms with Gasteiger partial charge in [0.05, 0.1) is 20.7 Å². The number of halogens is 1. The van der Waals surface area contributed by atoms with Gasteiger partial charge in [-0.2, -0.15) is 0 Å². The third-order valence-corrected chi connectivity index (χ3v) is 5.02. The summed E-state index contributed by atoms with van der Waals surface area (Å²) in [5.41, 5.74) is 7.62. The lowest BCUT2D eigenvalue weighted by atomic mass is 10.1. The molecule has 2 N–H and O–H groups in total. The van der Waals surface area contributed by atoms with Crippen molar-refractivity contribution in [3.05, 3.63) is 59.1 Å². The molecule has 0 fully saturated rings. The molecule has 0 aliphatic heterocycles. The van der Waals surface area contributed by atoms with E-state index in [0.717, 1.165) is 19.3 Å². The number of aryl methyl sites for hydroxylation is 1. The predicted molar refractivity (Wildman–Crippen MR) is 86.5 cm³/mol. The molecule has 106 valence electrons. The smallest absolute Gasteiger partial charge is 0.0594 e. The molecule has 2 nitrogen and oxygen atoms in total. The summed E-state index contributed by atoms with van der Waals surface area (Å²) in [6.07, 6.45) is 2.95. The highest BCUT2D eigenvalue weighted by atomic mass is 35.5. The highest BCUT2D eigenvalue weighted by Gasteiger charge is 2.09. The average Bonchev–Trinajstić information content (AvgIpc) is 2.47. The topological polar surface area (TPSA) is 43.1 Å². The van der Waals surface area contributed by atoms with Gasteiger partial charge in [0.25, 0.3) is 0 Å². The van der Waals surface area contributed by atoms with Gasteiger partial charge in [-0.3, -0.25) is 4.21 Å². The summed E-state index contributed by atoms with van der Waals surface area (Å²) in [6, 6.07) is 15.5. The van der Waals surface area contributed by atoms with Crippen molar-refractivity contribution in [2.75, 3.05) is 11.5 Å². The van der Waals surface area contributed by atoms with Crippen molar-refractivity contribution in [3.8, 4) is 0 Å². The first kappa shape index (κ1) is 15.1. The SMILES string of the molecule is Nc1ccc(Cl)c(S(=O)CCCCc2ccccc2)c1. The number of hydrogen-bond acceptors (Lipinski definition) is 2. The fraction of sp³-hybridized carbons (Fsp3) is 0.250. The van der Waals surface area contributed by atoms with Gasteiger partial charge >= 0.3 is 0 Å². The van der Waals surface area contributed by atoms with Crippen molar-refractivity contribution in [1.29, 1.82) is 0 Å². The predicted octanol–water partition coefficient (Wildman–Crippen LogP) is 4.05. The Balaban J connectivity index is 1.82. The molecule has 0 aromatic heterocycles. The van der Waals surface area contributed by atoms with Crippen LogP contribution in [0.4, 0.5) is 5.69 Å². The van der Waals surface area contributed by atoms with Gasteiger partial charge in [-0.15, -0.1) is 0 Å². The van der Waals surface area contributed by atoms with E-state index in [1.165, 1.54) is 5.56 Å². The molecule has 0 bridgehead atoms. The largest absolute Gasteiger partial charge is 0.399 e. The van der Waals surface area contributed by atoms with Crippen LogP contribution in [0.5, 0.6) is 0 Å². The highest BCUT2D eigenvalue weighted by molar-refractivity contribution is 7.85. The number of nitrogen functional groups attached to an aromatic ring is 1. The van der Waals surface area contributed by atoms with Crippen molar-refractivity contribution in [3.63, 3.8) is 0 Å². The molecule has 0 aliphatic carbocycles. The molecule has 0 spiro atoms. The van der Waals surface area contributed by atoms with Crippen LogP contribution in [0.1, 0.15) is 18.4 Å². The molecule has 0 aliphatic rings. The number of anilines is 1. The Morgan fingerprint density at radius 2 is 1.80 bits per heavy atom. The third-order valence-electron chi connectivity index (χ3n) is 3.09. The summed E-state index contributed by atoms with van der Waals surface area (Å²) in [5, 5.41) is 0.528. The van der Waals surface area contributed by atoms with Crippen LogP contribution in [0.25, 0.3) is 0 Å². The molecule has 0 amide bonds. The zero-order valence-electron chi connectivity index (χ0n) is 11.2. The van der Waals surface area contributed by atoms with Gasteiger partial charge in [0.1, 0.15) is 0 Å². The second-order valence-corrected chi connectivity index (χ2v) is 6.63. The number of unbranched alkanes of at least 4 members (excludes halogenated alkanes) is 1. The van der Waals surface area contributed by atoms with Crippen LogP contribution in [-0.2, 0) is 17.2 Å². The molecule has 2 aromatic rings. The van der Waals surface area contributed by atoms with Crippen molar-refractivity contribution in [2.24, 2.45) is 0 Å². The van der Waals surface area contributed by atoms with Gasteiger partial charge in [0.2, 0.25) is 0 Å². The summed E-state index contributed by atoms with van der Waals surface area (Å²) in [7, 11) is -1.08. The average molecular weight is 308 g/mol. The molecule has 1 atom stereocenters. The second-order valence-electron chi connectivity index (χ2n) is 4.68. The van der Waals surface area contributed by atoms with Gasteiger partial charge in [-0.1, -0.05) is 41.9 Å². The first-order valence-electron chi connectivity index (χ1n) is 6.64. The van der Waals surface area contributed by atoms with Gasteiger partial charge in [0, 0.05) is 11.4 Å². The van der Waals surface area contributed by atoms with E-state index in [9.17, 15) is 4.21 Å². The molecule has 4 heteroatoms. The van der Waals surface area contributed by atoms with E-state index < -0.39 is 10.8 Å². The number of nitrogens with two attached hydrogens (primary N) is 1. The molecule has 2 rings (SSSR count). The van der Waals surface area contributed by atoms with E-state index in [0.29, 0.717) is 21.4 Å². The first-order chi connectivity index (χ1) is 9.66. The van der Waals surface area contributed by atoms with Crippen LogP contribution in [-0.4, -0.2) is 9.96 Å². The van der Waals surface area contributed by atoms with Crippen LogP contribution < -0.4 is 5.73 Å². The standard InChI is InChI=1S/C16H18ClNOS/c17-15-10-9-14(18)12-16(15)20(19)11-5-4-8-13-6-2-1-3-7-13/h1-3,6-7,9-10,12H,4-5,8,11,18H2. The number of rotatable bonds is 6. The molecule has 0 saturated carbocycles. The molecule has 0 heterocycles. The van der Waals surface area contributed by atoms with Gasteiger partial charge in [-0.05, 0) is 43.0 Å². The van der Waals surface area contributed by atoms with Crippen LogP contribution in [0, 0.1) is 0 Å². The van der Waals surface area contributed by atoms with Crippen molar-refractivity contribution in [2.45, 2.75) is 24.2 Å². The van der Waals surface area contributed by atoms with Crippen LogP contribution >= 0.6 is 11.6 Å². The van der Waals surface area contributed by atoms with Gasteiger partial charge in [0.15, 0.2) is 0 Å². The molecule has 1 unspecified atom stereocenters. The van der Waals surface area contributed by atoms with Crippen molar-refractivity contribution < 1.29 is 4.21 Å². The zero-order valence-corrected chi connectivity index (χ0v) is 12.8. The van der Waals surface area contributed by atoms with Crippen LogP contribution in [0.15, 0.2) is 53.4 Å². The fourth-order valence-electron chi connectivity index (χ4n) is 2.01. The third kappa shape index (κ3) is 4.36. The molecule has 0 radical (unpaired) electrons. The van der Waals surface area contributed by atoms with E-state index in [1.807, 2.05) is 18.2 Å². The van der Waals surface area contributed by atoms with Gasteiger partial charge in [-0.25, -0.2) is 0 Å². The Hall–Kier alpha value is -1.32. The minimum atomic E-state index is -1.08. The minimum Gasteiger partial charge on any atom is -0.399 e. The van der Waals surface area contributed by atoms with Crippen molar-refractivity contribution in [1.82, 2.24) is 0 Å². The molecule has 20 heavy (non-hydrogen) atoms. The molecular formula is C16H18ClNOS. The number of benzene rings is 2. The van der Waals surface area contributed by atoms with E-state index in [-0.39, 0.29) is 0 Å². The normalized spacial score (nSPS) is 12.2. The van der Waals surface area contributed by atoms with Gasteiger partial charge < -0.3 is 5.73 Å². The van der Waals surface area contributed by atoms with E-state index in [4.69, 9.17) is 17.3 Å². The summed E-state index contributed by atoms with van der Waals surface area (Å²) < 4.78 is 12.2. The summed E-state index contributed by atoms with van der Waals surface area (Å²) in [6.45, 7) is 0. The Bertz CT molecular complexity index is 586. The Kier molecular flexibility index (Phi) is 5.62. The summed E-state index contributed by atoms with van der Waals surface area (Å²) in [5.74, 6) is 0.621. The summed E-state index contributed by atoms with van der Waals surface area (Å²) in [4.78, 5) is 0.645. The lowest BCUT2D eigenvalue weighted by Crippen LogP contribution is -2.01. The van der Waals surface area contributed by atoms with E-state index >= 15 is 0 Å². The summed E-state index contributed by atoms with van der Waals surface area (Å²) >= 11 is 6.05. The Morgan fingerprint density at radius 1 is 1.05 bits per heavy atom. The second kappa shape index (κ2) is 7.46. The maximum atomic E-state index is 12.2. The molecular weight excluding hydrogens is 290 g/mol. The van der Waals surface area contributed by atoms with E-state index in [1.54, 1.807) is 18.2 Å². The van der Waals surface area contributed by atoms with E-state index in [2.05, 4.69) is 12.1 Å². The monoisotopic (exact) mass is 307 g/mol. The Morgan fingerprint density at radius 3 is 2.55 bits per heavy atom. The minimum absolute atomic E-state index is 0.528. The number of hydrogen-bond donors (Lipinski definition) is 1. The first-order valence-corrected chi connectivity index (χ1v) is 8.34. The van der Waals surface area contributed by atoms with Crippen molar-refractivity contribution >= 4 is 28.1 Å². The molecule has 2 aromatic carbocycles. The lowest BCUT2D eigenvalue weighted by molar-refractivity contribution is 0.677. The quantitative estimate of drug-likeness (QED) is 0.646. The zero-order chi connectivity index (χ0) is 14.4.